The predicted molar refractivity (Wildman–Crippen MR) is 142 cm³/mol. The van der Waals surface area contributed by atoms with E-state index in [0.29, 0.717) is 30.3 Å². The van der Waals surface area contributed by atoms with Crippen LogP contribution in [0.4, 0.5) is 0 Å². The van der Waals surface area contributed by atoms with Gasteiger partial charge in [0.2, 0.25) is 11.8 Å². The molecular formula is C28H31ClN2O2S. The second kappa shape index (κ2) is 13.2. The minimum atomic E-state index is -0.606. The highest BCUT2D eigenvalue weighted by Gasteiger charge is 2.30. The molecule has 0 saturated carbocycles. The van der Waals surface area contributed by atoms with Gasteiger partial charge in [0.05, 0.1) is 5.75 Å². The second-order valence-corrected chi connectivity index (χ2v) is 9.65. The van der Waals surface area contributed by atoms with E-state index in [1.807, 2.05) is 61.5 Å². The van der Waals surface area contributed by atoms with Crippen molar-refractivity contribution in [2.24, 2.45) is 0 Å². The first-order valence-corrected chi connectivity index (χ1v) is 13.0. The van der Waals surface area contributed by atoms with Crippen LogP contribution in [0.25, 0.3) is 0 Å². The van der Waals surface area contributed by atoms with Crippen molar-refractivity contribution in [1.29, 1.82) is 0 Å². The van der Waals surface area contributed by atoms with Crippen LogP contribution in [0.2, 0.25) is 5.02 Å². The van der Waals surface area contributed by atoms with Gasteiger partial charge in [-0.15, -0.1) is 11.8 Å². The molecule has 0 unspecified atom stereocenters. The topological polar surface area (TPSA) is 49.4 Å². The van der Waals surface area contributed by atoms with Gasteiger partial charge < -0.3 is 10.2 Å². The SMILES string of the molecule is CCNC(=O)[C@@H](Cc1ccccc1)N(Cc1ccc(Cl)cc1)C(=O)CSCc1ccc(C)cc1. The molecule has 0 heterocycles. The Morgan fingerprint density at radius 1 is 0.912 bits per heavy atom. The highest BCUT2D eigenvalue weighted by molar-refractivity contribution is 7.99. The number of hydrogen-bond acceptors (Lipinski definition) is 3. The van der Waals surface area contributed by atoms with E-state index in [1.165, 1.54) is 11.1 Å². The quantitative estimate of drug-likeness (QED) is 0.374. The van der Waals surface area contributed by atoms with Crippen molar-refractivity contribution < 1.29 is 9.59 Å². The number of hydrogen-bond donors (Lipinski definition) is 1. The highest BCUT2D eigenvalue weighted by atomic mass is 35.5. The van der Waals surface area contributed by atoms with Crippen LogP contribution < -0.4 is 5.32 Å². The summed E-state index contributed by atoms with van der Waals surface area (Å²) in [6.07, 6.45) is 0.453. The normalized spacial score (nSPS) is 11.6. The van der Waals surface area contributed by atoms with Crippen LogP contribution in [0.3, 0.4) is 0 Å². The van der Waals surface area contributed by atoms with Gasteiger partial charge in [0.1, 0.15) is 6.04 Å². The van der Waals surface area contributed by atoms with E-state index in [9.17, 15) is 9.59 Å². The molecule has 2 amide bonds. The summed E-state index contributed by atoms with van der Waals surface area (Å²) < 4.78 is 0. The Kier molecular flexibility index (Phi) is 10.0. The average molecular weight is 495 g/mol. The van der Waals surface area contributed by atoms with Crippen LogP contribution in [-0.2, 0) is 28.3 Å². The zero-order valence-electron chi connectivity index (χ0n) is 19.7. The van der Waals surface area contributed by atoms with Crippen molar-refractivity contribution in [3.8, 4) is 0 Å². The number of benzene rings is 3. The molecular weight excluding hydrogens is 464 g/mol. The minimum absolute atomic E-state index is 0.0563. The molecule has 0 fully saturated rings. The number of carbonyl (C=O) groups excluding carboxylic acids is 2. The number of thioether (sulfide) groups is 1. The third-order valence-electron chi connectivity index (χ3n) is 5.50. The van der Waals surface area contributed by atoms with Crippen molar-refractivity contribution in [1.82, 2.24) is 10.2 Å². The maximum Gasteiger partial charge on any atom is 0.243 e. The molecule has 4 nitrogen and oxygen atoms in total. The van der Waals surface area contributed by atoms with E-state index in [-0.39, 0.29) is 11.8 Å². The lowest BCUT2D eigenvalue weighted by Gasteiger charge is -2.31. The molecule has 178 valence electrons. The first-order valence-electron chi connectivity index (χ1n) is 11.4. The van der Waals surface area contributed by atoms with Crippen LogP contribution in [0.15, 0.2) is 78.9 Å². The Morgan fingerprint density at radius 3 is 2.21 bits per heavy atom. The van der Waals surface area contributed by atoms with Crippen LogP contribution in [-0.4, -0.2) is 35.1 Å². The summed E-state index contributed by atoms with van der Waals surface area (Å²) >= 11 is 7.63. The standard InChI is InChI=1S/C28H31ClN2O2S/c1-3-30-28(33)26(17-22-7-5-4-6-8-22)31(18-23-13-15-25(29)16-14-23)27(32)20-34-19-24-11-9-21(2)10-12-24/h4-16,26H,3,17-20H2,1-2H3,(H,30,33)/t26-/m1/s1. The molecule has 1 atom stereocenters. The fourth-order valence-electron chi connectivity index (χ4n) is 3.66. The van der Waals surface area contributed by atoms with Crippen LogP contribution >= 0.6 is 23.4 Å². The molecule has 3 aromatic rings. The second-order valence-electron chi connectivity index (χ2n) is 8.23. The van der Waals surface area contributed by atoms with Gasteiger partial charge >= 0.3 is 0 Å². The van der Waals surface area contributed by atoms with E-state index in [0.717, 1.165) is 16.9 Å². The third kappa shape index (κ3) is 7.93. The summed E-state index contributed by atoms with van der Waals surface area (Å²) in [7, 11) is 0. The number of nitrogens with one attached hydrogen (secondary N) is 1. The van der Waals surface area contributed by atoms with Gasteiger partial charge in [0.15, 0.2) is 0 Å². The molecule has 0 aliphatic rings. The maximum atomic E-state index is 13.5. The number of likely N-dealkylation sites (N-methyl/N-ethyl adjacent to an activating group) is 1. The smallest absolute Gasteiger partial charge is 0.243 e. The largest absolute Gasteiger partial charge is 0.355 e. The van der Waals surface area contributed by atoms with Crippen molar-refractivity contribution >= 4 is 35.2 Å². The summed E-state index contributed by atoms with van der Waals surface area (Å²) in [5.41, 5.74) is 4.34. The van der Waals surface area contributed by atoms with Crippen molar-refractivity contribution in [2.45, 2.75) is 38.6 Å². The van der Waals surface area contributed by atoms with E-state index in [1.54, 1.807) is 16.7 Å². The number of halogens is 1. The average Bonchev–Trinajstić information content (AvgIpc) is 2.84. The number of amides is 2. The molecule has 6 heteroatoms. The van der Waals surface area contributed by atoms with Gasteiger partial charge in [-0.2, -0.15) is 0 Å². The monoisotopic (exact) mass is 494 g/mol. The van der Waals surface area contributed by atoms with Crippen molar-refractivity contribution in [3.05, 3.63) is 106 Å². The molecule has 0 bridgehead atoms. The predicted octanol–water partition coefficient (Wildman–Crippen LogP) is 5.66. The van der Waals surface area contributed by atoms with E-state index in [2.05, 4.69) is 36.5 Å². The Balaban J connectivity index is 1.81. The lowest BCUT2D eigenvalue weighted by Crippen LogP contribution is -2.51. The number of rotatable bonds is 11. The molecule has 3 rings (SSSR count). The van der Waals surface area contributed by atoms with Gasteiger partial charge in [0, 0.05) is 30.3 Å². The highest BCUT2D eigenvalue weighted by Crippen LogP contribution is 2.19. The minimum Gasteiger partial charge on any atom is -0.355 e. The summed E-state index contributed by atoms with van der Waals surface area (Å²) in [4.78, 5) is 28.3. The first kappa shape index (κ1) is 25.9. The zero-order chi connectivity index (χ0) is 24.3. The van der Waals surface area contributed by atoms with Gasteiger partial charge in [0.25, 0.3) is 0 Å². The molecule has 0 aliphatic heterocycles. The van der Waals surface area contributed by atoms with Crippen molar-refractivity contribution in [3.63, 3.8) is 0 Å². The molecule has 34 heavy (non-hydrogen) atoms. The fourth-order valence-corrected chi connectivity index (χ4v) is 4.65. The van der Waals surface area contributed by atoms with Gasteiger partial charge in [-0.1, -0.05) is 83.9 Å². The van der Waals surface area contributed by atoms with Crippen LogP contribution in [0, 0.1) is 6.92 Å². The third-order valence-corrected chi connectivity index (χ3v) is 6.74. The van der Waals surface area contributed by atoms with E-state index < -0.39 is 6.04 Å². The summed E-state index contributed by atoms with van der Waals surface area (Å²) in [6.45, 7) is 4.80. The maximum absolute atomic E-state index is 13.5. The molecule has 3 aromatic carbocycles. The van der Waals surface area contributed by atoms with Crippen LogP contribution in [0.5, 0.6) is 0 Å². The molecule has 0 saturated heterocycles. The van der Waals surface area contributed by atoms with Gasteiger partial charge in [-0.25, -0.2) is 0 Å². The number of nitrogens with zero attached hydrogens (tertiary/aromatic N) is 1. The number of aryl methyl sites for hydroxylation is 1. The summed E-state index contributed by atoms with van der Waals surface area (Å²) in [6, 6.07) is 25.0. The molecule has 0 spiro atoms. The first-order chi connectivity index (χ1) is 16.5. The lowest BCUT2D eigenvalue weighted by molar-refractivity contribution is -0.139. The summed E-state index contributed by atoms with van der Waals surface area (Å²) in [5.74, 6) is 0.841. The molecule has 0 aliphatic carbocycles. The van der Waals surface area contributed by atoms with E-state index >= 15 is 0 Å². The molecule has 0 aromatic heterocycles. The Labute approximate surface area is 211 Å². The lowest BCUT2D eigenvalue weighted by atomic mass is 10.0. The number of carbonyl (C=O) groups is 2. The Hall–Kier alpha value is -2.76. The van der Waals surface area contributed by atoms with Crippen LogP contribution in [0.1, 0.15) is 29.2 Å². The van der Waals surface area contributed by atoms with Crippen molar-refractivity contribution in [2.75, 3.05) is 12.3 Å². The van der Waals surface area contributed by atoms with E-state index in [4.69, 9.17) is 11.6 Å². The summed E-state index contributed by atoms with van der Waals surface area (Å²) in [5, 5.41) is 3.56. The molecule has 0 radical (unpaired) electrons. The van der Waals surface area contributed by atoms with Gasteiger partial charge in [-0.3, -0.25) is 9.59 Å². The van der Waals surface area contributed by atoms with Gasteiger partial charge in [-0.05, 0) is 42.7 Å². The fraction of sp³-hybridized carbons (Fsp3) is 0.286. The Bertz CT molecular complexity index is 1060. The molecule has 1 N–H and O–H groups in total. The zero-order valence-corrected chi connectivity index (χ0v) is 21.2. The Morgan fingerprint density at radius 2 is 1.56 bits per heavy atom.